The Morgan fingerprint density at radius 1 is 1.53 bits per heavy atom. The predicted octanol–water partition coefficient (Wildman–Crippen LogP) is 2.20. The molecule has 1 aliphatic rings. The Kier molecular flexibility index (Phi) is 4.43. The van der Waals surface area contributed by atoms with Crippen molar-refractivity contribution in [1.82, 2.24) is 4.90 Å². The molecule has 0 aromatic heterocycles. The third kappa shape index (κ3) is 3.26. The number of ether oxygens (including phenoxy) is 1. The lowest BCUT2D eigenvalue weighted by atomic mass is 10.0. The van der Waals surface area contributed by atoms with E-state index in [1.54, 1.807) is 37.1 Å². The number of carbonyl (C=O) groups excluding carboxylic acids is 1. The van der Waals surface area contributed by atoms with Crippen LogP contribution in [-0.4, -0.2) is 42.7 Å². The zero-order chi connectivity index (χ0) is 13.8. The minimum atomic E-state index is -0.133. The molecule has 1 atom stereocenters. The van der Waals surface area contributed by atoms with Crippen LogP contribution >= 0.6 is 0 Å². The summed E-state index contributed by atoms with van der Waals surface area (Å²) in [6.45, 7) is 4.01. The molecule has 1 N–H and O–H groups in total. The number of hydrogen-bond donors (Lipinski definition) is 1. The molecule has 104 valence electrons. The molecular weight excluding hydrogens is 242 g/mol. The molecule has 0 spiro atoms. The van der Waals surface area contributed by atoms with Gasteiger partial charge in [-0.3, -0.25) is 4.79 Å². The summed E-state index contributed by atoms with van der Waals surface area (Å²) < 4.78 is 5.42. The smallest absolute Gasteiger partial charge is 0.257 e. The van der Waals surface area contributed by atoms with Crippen molar-refractivity contribution in [2.75, 3.05) is 26.8 Å². The van der Waals surface area contributed by atoms with Crippen LogP contribution in [0.5, 0.6) is 5.75 Å². The number of hydrogen-bond acceptors (Lipinski definition) is 3. The second-order valence-corrected chi connectivity index (χ2v) is 5.24. The van der Waals surface area contributed by atoms with E-state index in [2.05, 4.69) is 0 Å². The van der Waals surface area contributed by atoms with E-state index in [-0.39, 0.29) is 11.7 Å². The van der Waals surface area contributed by atoms with Gasteiger partial charge in [0.25, 0.3) is 5.91 Å². The molecule has 1 saturated heterocycles. The minimum absolute atomic E-state index is 0.0826. The summed E-state index contributed by atoms with van der Waals surface area (Å²) in [6, 6.07) is 5.25. The fraction of sp³-hybridized carbons (Fsp3) is 0.533. The fourth-order valence-corrected chi connectivity index (χ4v) is 2.46. The lowest BCUT2D eigenvalue weighted by Gasteiger charge is -2.27. The molecule has 1 aromatic rings. The molecule has 1 aliphatic heterocycles. The van der Waals surface area contributed by atoms with Crippen LogP contribution in [0.2, 0.25) is 0 Å². The van der Waals surface area contributed by atoms with Crippen molar-refractivity contribution in [2.45, 2.75) is 19.8 Å². The SMILES string of the molecule is Cc1cccc(C(=O)N(C)CC2CCCOC2)c1O. The van der Waals surface area contributed by atoms with Gasteiger partial charge in [0.2, 0.25) is 0 Å². The highest BCUT2D eigenvalue weighted by Crippen LogP contribution is 2.23. The van der Waals surface area contributed by atoms with Gasteiger partial charge < -0.3 is 14.7 Å². The first-order valence-corrected chi connectivity index (χ1v) is 6.71. The lowest BCUT2D eigenvalue weighted by Crippen LogP contribution is -2.35. The third-order valence-electron chi connectivity index (χ3n) is 3.60. The summed E-state index contributed by atoms with van der Waals surface area (Å²) in [4.78, 5) is 14.0. The molecule has 2 rings (SSSR count). The van der Waals surface area contributed by atoms with Crippen LogP contribution in [0.4, 0.5) is 0 Å². The van der Waals surface area contributed by atoms with E-state index < -0.39 is 0 Å². The molecular formula is C15H21NO3. The van der Waals surface area contributed by atoms with Gasteiger partial charge >= 0.3 is 0 Å². The Morgan fingerprint density at radius 3 is 3.00 bits per heavy atom. The van der Waals surface area contributed by atoms with Crippen LogP contribution in [0.1, 0.15) is 28.8 Å². The van der Waals surface area contributed by atoms with Crippen molar-refractivity contribution in [3.8, 4) is 5.75 Å². The summed E-state index contributed by atoms with van der Waals surface area (Å²) in [7, 11) is 1.78. The second-order valence-electron chi connectivity index (χ2n) is 5.24. The van der Waals surface area contributed by atoms with Crippen molar-refractivity contribution in [1.29, 1.82) is 0 Å². The molecule has 1 aromatic carbocycles. The normalized spacial score (nSPS) is 19.2. The maximum Gasteiger partial charge on any atom is 0.257 e. The monoisotopic (exact) mass is 263 g/mol. The van der Waals surface area contributed by atoms with Crippen molar-refractivity contribution in [3.63, 3.8) is 0 Å². The average molecular weight is 263 g/mol. The molecule has 4 nitrogen and oxygen atoms in total. The van der Waals surface area contributed by atoms with E-state index in [1.807, 2.05) is 0 Å². The van der Waals surface area contributed by atoms with Crippen LogP contribution in [0.15, 0.2) is 18.2 Å². The molecule has 1 fully saturated rings. The number of phenolic OH excluding ortho intramolecular Hbond substituents is 1. The molecule has 0 saturated carbocycles. The number of rotatable bonds is 3. The topological polar surface area (TPSA) is 49.8 Å². The number of carbonyl (C=O) groups is 1. The highest BCUT2D eigenvalue weighted by atomic mass is 16.5. The van der Waals surface area contributed by atoms with E-state index in [1.165, 1.54) is 0 Å². The Labute approximate surface area is 114 Å². The van der Waals surface area contributed by atoms with Crippen LogP contribution in [0.3, 0.4) is 0 Å². The highest BCUT2D eigenvalue weighted by molar-refractivity contribution is 5.97. The van der Waals surface area contributed by atoms with Gasteiger partial charge in [-0.15, -0.1) is 0 Å². The number of nitrogens with zero attached hydrogens (tertiary/aromatic N) is 1. The average Bonchev–Trinajstić information content (AvgIpc) is 2.42. The maximum atomic E-state index is 12.3. The number of aryl methyl sites for hydroxylation is 1. The van der Waals surface area contributed by atoms with Gasteiger partial charge in [-0.2, -0.15) is 0 Å². The number of benzene rings is 1. The molecule has 4 heteroatoms. The zero-order valence-electron chi connectivity index (χ0n) is 11.6. The maximum absolute atomic E-state index is 12.3. The van der Waals surface area contributed by atoms with Crippen molar-refractivity contribution in [3.05, 3.63) is 29.3 Å². The fourth-order valence-electron chi connectivity index (χ4n) is 2.46. The van der Waals surface area contributed by atoms with E-state index >= 15 is 0 Å². The van der Waals surface area contributed by atoms with E-state index in [0.717, 1.165) is 31.6 Å². The first-order valence-electron chi connectivity index (χ1n) is 6.71. The Morgan fingerprint density at radius 2 is 2.32 bits per heavy atom. The number of phenols is 1. The van der Waals surface area contributed by atoms with Gasteiger partial charge in [0, 0.05) is 20.2 Å². The van der Waals surface area contributed by atoms with Crippen LogP contribution in [-0.2, 0) is 4.74 Å². The summed E-state index contributed by atoms with van der Waals surface area (Å²) >= 11 is 0. The van der Waals surface area contributed by atoms with Crippen molar-refractivity contribution in [2.24, 2.45) is 5.92 Å². The Hall–Kier alpha value is -1.55. The van der Waals surface area contributed by atoms with Gasteiger partial charge in [-0.05, 0) is 37.3 Å². The summed E-state index contributed by atoms with van der Waals surface area (Å²) in [5, 5.41) is 9.95. The molecule has 1 unspecified atom stereocenters. The first-order chi connectivity index (χ1) is 9.09. The van der Waals surface area contributed by atoms with Gasteiger partial charge in [-0.25, -0.2) is 0 Å². The molecule has 0 aliphatic carbocycles. The van der Waals surface area contributed by atoms with Gasteiger partial charge in [0.05, 0.1) is 12.2 Å². The quantitative estimate of drug-likeness (QED) is 0.909. The first kappa shape index (κ1) is 13.9. The lowest BCUT2D eigenvalue weighted by molar-refractivity contribution is 0.0387. The highest BCUT2D eigenvalue weighted by Gasteiger charge is 2.21. The number of para-hydroxylation sites is 1. The third-order valence-corrected chi connectivity index (χ3v) is 3.60. The molecule has 19 heavy (non-hydrogen) atoms. The standard InChI is InChI=1S/C15H21NO3/c1-11-5-3-7-13(14(11)17)15(18)16(2)9-12-6-4-8-19-10-12/h3,5,7,12,17H,4,6,8-10H2,1-2H3. The Balaban J connectivity index is 2.03. The molecule has 0 radical (unpaired) electrons. The van der Waals surface area contributed by atoms with Crippen LogP contribution in [0, 0.1) is 12.8 Å². The van der Waals surface area contributed by atoms with E-state index in [4.69, 9.17) is 4.74 Å². The van der Waals surface area contributed by atoms with Crippen LogP contribution < -0.4 is 0 Å². The largest absolute Gasteiger partial charge is 0.507 e. The zero-order valence-corrected chi connectivity index (χ0v) is 11.6. The van der Waals surface area contributed by atoms with Crippen molar-refractivity contribution >= 4 is 5.91 Å². The Bertz CT molecular complexity index is 453. The minimum Gasteiger partial charge on any atom is -0.507 e. The van der Waals surface area contributed by atoms with Gasteiger partial charge in [-0.1, -0.05) is 12.1 Å². The second kappa shape index (κ2) is 6.06. The van der Waals surface area contributed by atoms with E-state index in [9.17, 15) is 9.90 Å². The summed E-state index contributed by atoms with van der Waals surface area (Å²) in [5.41, 5.74) is 1.10. The summed E-state index contributed by atoms with van der Waals surface area (Å²) in [5.74, 6) is 0.348. The van der Waals surface area contributed by atoms with Crippen molar-refractivity contribution < 1.29 is 14.6 Å². The van der Waals surface area contributed by atoms with Gasteiger partial charge in [0.15, 0.2) is 0 Å². The van der Waals surface area contributed by atoms with Crippen LogP contribution in [0.25, 0.3) is 0 Å². The van der Waals surface area contributed by atoms with Gasteiger partial charge in [0.1, 0.15) is 5.75 Å². The summed E-state index contributed by atoms with van der Waals surface area (Å²) in [6.07, 6.45) is 2.15. The number of amides is 1. The van der Waals surface area contributed by atoms with E-state index in [0.29, 0.717) is 18.0 Å². The predicted molar refractivity (Wildman–Crippen MR) is 73.3 cm³/mol. The molecule has 0 bridgehead atoms. The molecule has 1 amide bonds. The number of aromatic hydroxyl groups is 1. The molecule has 1 heterocycles.